The van der Waals surface area contributed by atoms with Gasteiger partial charge in [0.15, 0.2) is 5.78 Å². The molecule has 2 rings (SSSR count). The molecule has 2 atom stereocenters. The van der Waals surface area contributed by atoms with Crippen molar-refractivity contribution in [3.63, 3.8) is 0 Å². The van der Waals surface area contributed by atoms with E-state index in [4.69, 9.17) is 0 Å². The highest BCUT2D eigenvalue weighted by Gasteiger charge is 2.21. The molecule has 2 aromatic carbocycles. The summed E-state index contributed by atoms with van der Waals surface area (Å²) in [5, 5.41) is 12.2. The number of phenols is 1. The van der Waals surface area contributed by atoms with E-state index in [1.54, 1.807) is 24.3 Å². The molecule has 2 N–H and O–H groups in total. The maximum Gasteiger partial charge on any atom is 0.223 e. The van der Waals surface area contributed by atoms with Gasteiger partial charge in [0.2, 0.25) is 5.91 Å². The van der Waals surface area contributed by atoms with E-state index in [0.717, 1.165) is 11.1 Å². The van der Waals surface area contributed by atoms with Crippen LogP contribution in [0.15, 0.2) is 54.6 Å². The van der Waals surface area contributed by atoms with Crippen LogP contribution in [0.2, 0.25) is 0 Å². The van der Waals surface area contributed by atoms with Gasteiger partial charge in [-0.2, -0.15) is 0 Å². The predicted octanol–water partition coefficient (Wildman–Crippen LogP) is 2.89. The number of ketones is 1. The SMILES string of the molecule is CC(=O)C(Cc1ccc(O)cc1)NC(=O)C(C)Cc1ccccc1. The molecular weight excluding hydrogens is 302 g/mol. The number of rotatable bonds is 7. The number of Topliss-reactive ketones (excluding diaryl/α,β-unsaturated/α-hetero) is 1. The molecule has 2 unspecified atom stereocenters. The quantitative estimate of drug-likeness (QED) is 0.822. The van der Waals surface area contributed by atoms with Gasteiger partial charge < -0.3 is 10.4 Å². The average Bonchev–Trinajstić information content (AvgIpc) is 2.56. The Kier molecular flexibility index (Phi) is 6.13. The molecule has 0 radical (unpaired) electrons. The standard InChI is InChI=1S/C20H23NO3/c1-14(12-16-6-4-3-5-7-16)20(24)21-19(15(2)22)13-17-8-10-18(23)11-9-17/h3-11,14,19,23H,12-13H2,1-2H3,(H,21,24). The van der Waals surface area contributed by atoms with E-state index >= 15 is 0 Å². The summed E-state index contributed by atoms with van der Waals surface area (Å²) in [7, 11) is 0. The minimum atomic E-state index is -0.555. The summed E-state index contributed by atoms with van der Waals surface area (Å²) < 4.78 is 0. The minimum absolute atomic E-state index is 0.0802. The fraction of sp³-hybridized carbons (Fsp3) is 0.300. The number of benzene rings is 2. The molecular formula is C20H23NO3. The van der Waals surface area contributed by atoms with Crippen LogP contribution in [0.5, 0.6) is 5.75 Å². The Balaban J connectivity index is 1.97. The van der Waals surface area contributed by atoms with Crippen LogP contribution in [0.25, 0.3) is 0 Å². The van der Waals surface area contributed by atoms with Crippen LogP contribution < -0.4 is 5.32 Å². The molecule has 0 heterocycles. The fourth-order valence-electron chi connectivity index (χ4n) is 2.54. The average molecular weight is 325 g/mol. The van der Waals surface area contributed by atoms with Crippen LogP contribution in [0.4, 0.5) is 0 Å². The number of nitrogens with one attached hydrogen (secondary N) is 1. The van der Waals surface area contributed by atoms with E-state index < -0.39 is 6.04 Å². The van der Waals surface area contributed by atoms with Gasteiger partial charge in [0.1, 0.15) is 5.75 Å². The van der Waals surface area contributed by atoms with Crippen LogP contribution in [-0.2, 0) is 22.4 Å². The molecule has 0 saturated heterocycles. The second-order valence-corrected chi connectivity index (χ2v) is 6.13. The maximum atomic E-state index is 12.4. The first-order valence-corrected chi connectivity index (χ1v) is 8.08. The second kappa shape index (κ2) is 8.29. The van der Waals surface area contributed by atoms with E-state index in [0.29, 0.717) is 12.8 Å². The molecule has 1 amide bonds. The zero-order valence-electron chi connectivity index (χ0n) is 14.0. The van der Waals surface area contributed by atoms with Gasteiger partial charge in [-0.05, 0) is 43.0 Å². The number of aromatic hydroxyl groups is 1. The number of amides is 1. The largest absolute Gasteiger partial charge is 0.508 e. The third-order valence-electron chi connectivity index (χ3n) is 4.02. The number of carbonyl (C=O) groups is 2. The van der Waals surface area contributed by atoms with Gasteiger partial charge in [-0.25, -0.2) is 0 Å². The molecule has 0 saturated carbocycles. The predicted molar refractivity (Wildman–Crippen MR) is 93.7 cm³/mol. The minimum Gasteiger partial charge on any atom is -0.508 e. The van der Waals surface area contributed by atoms with E-state index in [2.05, 4.69) is 5.32 Å². The maximum absolute atomic E-state index is 12.4. The molecule has 0 bridgehead atoms. The first kappa shape index (κ1) is 17.7. The van der Waals surface area contributed by atoms with Crippen molar-refractivity contribution in [2.75, 3.05) is 0 Å². The Hall–Kier alpha value is -2.62. The Morgan fingerprint density at radius 1 is 0.958 bits per heavy atom. The fourth-order valence-corrected chi connectivity index (χ4v) is 2.54. The van der Waals surface area contributed by atoms with Crippen LogP contribution in [0.1, 0.15) is 25.0 Å². The summed E-state index contributed by atoms with van der Waals surface area (Å²) in [5.41, 5.74) is 1.99. The number of phenolic OH excluding ortho intramolecular Hbond substituents is 1. The molecule has 0 aliphatic heterocycles. The lowest BCUT2D eigenvalue weighted by Crippen LogP contribution is -2.44. The summed E-state index contributed by atoms with van der Waals surface area (Å²) in [5.74, 6) is -0.242. The zero-order valence-corrected chi connectivity index (χ0v) is 14.0. The highest BCUT2D eigenvalue weighted by Crippen LogP contribution is 2.13. The summed E-state index contributed by atoms with van der Waals surface area (Å²) >= 11 is 0. The summed E-state index contributed by atoms with van der Waals surface area (Å²) in [6, 6.07) is 15.9. The van der Waals surface area contributed by atoms with Crippen LogP contribution in [0, 0.1) is 5.92 Å². The Morgan fingerprint density at radius 2 is 1.54 bits per heavy atom. The number of hydrogen-bond donors (Lipinski definition) is 2. The highest BCUT2D eigenvalue weighted by atomic mass is 16.3. The van der Waals surface area contributed by atoms with Crippen molar-refractivity contribution in [1.82, 2.24) is 5.32 Å². The van der Waals surface area contributed by atoms with E-state index in [-0.39, 0.29) is 23.4 Å². The van der Waals surface area contributed by atoms with Gasteiger partial charge in [-0.1, -0.05) is 49.4 Å². The Labute approximate surface area is 142 Å². The lowest BCUT2D eigenvalue weighted by molar-refractivity contribution is -0.129. The number of hydrogen-bond acceptors (Lipinski definition) is 3. The van der Waals surface area contributed by atoms with Crippen molar-refractivity contribution >= 4 is 11.7 Å². The van der Waals surface area contributed by atoms with Crippen LogP contribution in [-0.4, -0.2) is 22.8 Å². The first-order chi connectivity index (χ1) is 11.5. The van der Waals surface area contributed by atoms with Crippen LogP contribution in [0.3, 0.4) is 0 Å². The first-order valence-electron chi connectivity index (χ1n) is 8.08. The van der Waals surface area contributed by atoms with Gasteiger partial charge in [0, 0.05) is 5.92 Å². The molecule has 4 heteroatoms. The molecule has 0 spiro atoms. The highest BCUT2D eigenvalue weighted by molar-refractivity contribution is 5.88. The molecule has 24 heavy (non-hydrogen) atoms. The molecule has 0 fully saturated rings. The third kappa shape index (κ3) is 5.23. The molecule has 2 aromatic rings. The second-order valence-electron chi connectivity index (χ2n) is 6.13. The Morgan fingerprint density at radius 3 is 2.12 bits per heavy atom. The zero-order chi connectivity index (χ0) is 17.5. The van der Waals surface area contributed by atoms with E-state index in [9.17, 15) is 14.7 Å². The Bertz CT molecular complexity index is 680. The molecule has 0 aliphatic carbocycles. The van der Waals surface area contributed by atoms with Crippen molar-refractivity contribution in [2.45, 2.75) is 32.7 Å². The van der Waals surface area contributed by atoms with Crippen molar-refractivity contribution in [1.29, 1.82) is 0 Å². The van der Waals surface area contributed by atoms with Gasteiger partial charge >= 0.3 is 0 Å². The third-order valence-corrected chi connectivity index (χ3v) is 4.02. The molecule has 4 nitrogen and oxygen atoms in total. The van der Waals surface area contributed by atoms with Crippen LogP contribution >= 0.6 is 0 Å². The summed E-state index contributed by atoms with van der Waals surface area (Å²) in [6.07, 6.45) is 1.05. The molecule has 0 aliphatic rings. The molecule has 126 valence electrons. The normalized spacial score (nSPS) is 13.1. The topological polar surface area (TPSA) is 66.4 Å². The summed E-state index contributed by atoms with van der Waals surface area (Å²) in [6.45, 7) is 3.34. The lowest BCUT2D eigenvalue weighted by atomic mass is 9.98. The van der Waals surface area contributed by atoms with E-state index in [1.807, 2.05) is 37.3 Å². The van der Waals surface area contributed by atoms with Gasteiger partial charge in [-0.15, -0.1) is 0 Å². The van der Waals surface area contributed by atoms with E-state index in [1.165, 1.54) is 6.92 Å². The van der Waals surface area contributed by atoms with Crippen molar-refractivity contribution < 1.29 is 14.7 Å². The van der Waals surface area contributed by atoms with Crippen molar-refractivity contribution in [2.24, 2.45) is 5.92 Å². The monoisotopic (exact) mass is 325 g/mol. The lowest BCUT2D eigenvalue weighted by Gasteiger charge is -2.19. The summed E-state index contributed by atoms with van der Waals surface area (Å²) in [4.78, 5) is 24.3. The molecule has 0 aromatic heterocycles. The van der Waals surface area contributed by atoms with Crippen molar-refractivity contribution in [3.8, 4) is 5.75 Å². The van der Waals surface area contributed by atoms with Gasteiger partial charge in [0.05, 0.1) is 6.04 Å². The van der Waals surface area contributed by atoms with Gasteiger partial charge in [-0.3, -0.25) is 9.59 Å². The van der Waals surface area contributed by atoms with Gasteiger partial charge in [0.25, 0.3) is 0 Å². The number of carbonyl (C=O) groups excluding carboxylic acids is 2. The smallest absolute Gasteiger partial charge is 0.223 e. The van der Waals surface area contributed by atoms with Crippen molar-refractivity contribution in [3.05, 3.63) is 65.7 Å².